The zero-order valence-corrected chi connectivity index (χ0v) is 13.5. The van der Waals surface area contributed by atoms with Gasteiger partial charge in [0, 0.05) is 37.0 Å². The Kier molecular flexibility index (Phi) is 3.18. The van der Waals surface area contributed by atoms with Crippen LogP contribution >= 0.6 is 0 Å². The fourth-order valence-electron chi connectivity index (χ4n) is 2.77. The third-order valence-corrected chi connectivity index (χ3v) is 3.95. The van der Waals surface area contributed by atoms with Crippen LogP contribution in [0, 0.1) is 0 Å². The summed E-state index contributed by atoms with van der Waals surface area (Å²) in [6.07, 6.45) is -0.512. The number of aromatic amines is 1. The van der Waals surface area contributed by atoms with Gasteiger partial charge in [-0.05, 0) is 24.3 Å². The monoisotopic (exact) mass is 338 g/mol. The molecular weight excluding hydrogens is 324 g/mol. The molecule has 0 aliphatic rings. The van der Waals surface area contributed by atoms with Crippen molar-refractivity contribution in [3.63, 3.8) is 0 Å². The van der Waals surface area contributed by atoms with Crippen molar-refractivity contribution in [3.05, 3.63) is 46.8 Å². The summed E-state index contributed by atoms with van der Waals surface area (Å²) >= 11 is 0. The Morgan fingerprint density at radius 3 is 2.68 bits per heavy atom. The quantitative estimate of drug-likeness (QED) is 0.556. The van der Waals surface area contributed by atoms with E-state index in [-0.39, 0.29) is 11.3 Å². The highest BCUT2D eigenvalue weighted by atomic mass is 16.6. The number of carbonyl (C=O) groups is 1. The third kappa shape index (κ3) is 2.37. The van der Waals surface area contributed by atoms with Gasteiger partial charge >= 0.3 is 6.09 Å². The topological polar surface area (TPSA) is 95.8 Å². The number of phenols is 1. The standard InChI is InChI=1S/C18H14N2O5/c1-20(2)18(23)24-10-4-6-11-13(8-10)19-17(22)15-12-5-3-9(21)7-14(12)25-16(11)15/h3-8,21H,1-2H3,(H,19,22). The maximum Gasteiger partial charge on any atom is 0.414 e. The number of aromatic nitrogens is 1. The zero-order chi connectivity index (χ0) is 17.7. The van der Waals surface area contributed by atoms with E-state index >= 15 is 0 Å². The Morgan fingerprint density at radius 2 is 1.92 bits per heavy atom. The summed E-state index contributed by atoms with van der Waals surface area (Å²) in [5.74, 6) is 0.375. The number of hydrogen-bond acceptors (Lipinski definition) is 5. The van der Waals surface area contributed by atoms with Crippen molar-refractivity contribution in [1.29, 1.82) is 0 Å². The molecule has 25 heavy (non-hydrogen) atoms. The van der Waals surface area contributed by atoms with Gasteiger partial charge in [0.15, 0.2) is 0 Å². The molecule has 0 atom stereocenters. The number of rotatable bonds is 1. The predicted molar refractivity (Wildman–Crippen MR) is 93.2 cm³/mol. The molecule has 0 aliphatic heterocycles. The minimum Gasteiger partial charge on any atom is -0.508 e. The van der Waals surface area contributed by atoms with Crippen molar-refractivity contribution < 1.29 is 19.1 Å². The number of pyridine rings is 1. The minimum absolute atomic E-state index is 0.0603. The normalized spacial score (nSPS) is 11.3. The van der Waals surface area contributed by atoms with Gasteiger partial charge in [-0.3, -0.25) is 4.79 Å². The molecule has 4 rings (SSSR count). The molecule has 1 amide bonds. The molecule has 7 heteroatoms. The molecule has 2 heterocycles. The highest BCUT2D eigenvalue weighted by molar-refractivity contribution is 6.13. The number of aromatic hydroxyl groups is 1. The van der Waals surface area contributed by atoms with Crippen molar-refractivity contribution >= 4 is 38.9 Å². The van der Waals surface area contributed by atoms with E-state index in [4.69, 9.17) is 9.15 Å². The van der Waals surface area contributed by atoms with Gasteiger partial charge in [0.05, 0.1) is 10.9 Å². The molecular formula is C18H14N2O5. The Morgan fingerprint density at radius 1 is 1.16 bits per heavy atom. The minimum atomic E-state index is -0.512. The van der Waals surface area contributed by atoms with E-state index in [1.807, 2.05) is 0 Å². The molecule has 7 nitrogen and oxygen atoms in total. The van der Waals surface area contributed by atoms with Crippen molar-refractivity contribution in [3.8, 4) is 11.5 Å². The molecule has 2 aromatic heterocycles. The van der Waals surface area contributed by atoms with Crippen LogP contribution in [0.1, 0.15) is 0 Å². The van der Waals surface area contributed by atoms with Gasteiger partial charge in [0.1, 0.15) is 22.7 Å². The van der Waals surface area contributed by atoms with Crippen LogP contribution in [-0.2, 0) is 0 Å². The van der Waals surface area contributed by atoms with Crippen LogP contribution in [0.2, 0.25) is 0 Å². The number of phenolic OH excluding ortho intramolecular Hbond substituents is 1. The van der Waals surface area contributed by atoms with E-state index in [9.17, 15) is 14.7 Å². The summed E-state index contributed by atoms with van der Waals surface area (Å²) in [6.45, 7) is 0. The first kappa shape index (κ1) is 15.1. The average molecular weight is 338 g/mol. The van der Waals surface area contributed by atoms with E-state index in [2.05, 4.69) is 4.98 Å². The number of benzene rings is 2. The zero-order valence-electron chi connectivity index (χ0n) is 13.5. The van der Waals surface area contributed by atoms with Crippen molar-refractivity contribution in [1.82, 2.24) is 9.88 Å². The summed E-state index contributed by atoms with van der Waals surface area (Å²) in [5, 5.41) is 11.3. The molecule has 0 fully saturated rings. The van der Waals surface area contributed by atoms with Crippen LogP contribution in [0.5, 0.6) is 11.5 Å². The lowest BCUT2D eigenvalue weighted by Crippen LogP contribution is -2.25. The number of H-pyrrole nitrogens is 1. The number of hydrogen-bond donors (Lipinski definition) is 2. The van der Waals surface area contributed by atoms with E-state index in [0.29, 0.717) is 38.6 Å². The molecule has 0 spiro atoms. The third-order valence-electron chi connectivity index (χ3n) is 3.95. The van der Waals surface area contributed by atoms with Crippen molar-refractivity contribution in [2.45, 2.75) is 0 Å². The number of ether oxygens (including phenoxy) is 1. The van der Waals surface area contributed by atoms with Gasteiger partial charge < -0.3 is 24.1 Å². The first-order valence-electron chi connectivity index (χ1n) is 7.54. The molecule has 0 saturated carbocycles. The first-order valence-corrected chi connectivity index (χ1v) is 7.54. The Hall–Kier alpha value is -3.48. The molecule has 4 aromatic rings. The average Bonchev–Trinajstić information content (AvgIpc) is 2.93. The first-order chi connectivity index (χ1) is 11.9. The van der Waals surface area contributed by atoms with Crippen LogP contribution in [0.25, 0.3) is 32.8 Å². The van der Waals surface area contributed by atoms with Crippen molar-refractivity contribution in [2.75, 3.05) is 14.1 Å². The van der Waals surface area contributed by atoms with E-state index in [0.717, 1.165) is 0 Å². The van der Waals surface area contributed by atoms with Gasteiger partial charge in [-0.1, -0.05) is 0 Å². The Labute approximate surface area is 141 Å². The van der Waals surface area contributed by atoms with Crippen LogP contribution in [0.3, 0.4) is 0 Å². The summed E-state index contributed by atoms with van der Waals surface area (Å²) in [7, 11) is 3.16. The predicted octanol–water partition coefficient (Wildman–Crippen LogP) is 3.19. The molecule has 0 unspecified atom stereocenters. The lowest BCUT2D eigenvalue weighted by atomic mass is 10.1. The Bertz CT molecular complexity index is 1200. The van der Waals surface area contributed by atoms with Gasteiger partial charge in [0.25, 0.3) is 5.56 Å². The number of amides is 1. The lowest BCUT2D eigenvalue weighted by molar-refractivity contribution is 0.172. The number of nitrogens with zero attached hydrogens (tertiary/aromatic N) is 1. The van der Waals surface area contributed by atoms with Gasteiger partial charge in [0.2, 0.25) is 0 Å². The molecule has 2 N–H and O–H groups in total. The molecule has 0 saturated heterocycles. The smallest absolute Gasteiger partial charge is 0.414 e. The number of nitrogens with one attached hydrogen (secondary N) is 1. The SMILES string of the molecule is CN(C)C(=O)Oc1ccc2c(c1)[nH]c(=O)c1c3ccc(O)cc3oc21. The summed E-state index contributed by atoms with van der Waals surface area (Å²) in [5.41, 5.74) is 1.02. The summed E-state index contributed by atoms with van der Waals surface area (Å²) in [4.78, 5) is 28.3. The molecule has 0 bridgehead atoms. The highest BCUT2D eigenvalue weighted by Gasteiger charge is 2.16. The Balaban J connectivity index is 1.96. The highest BCUT2D eigenvalue weighted by Crippen LogP contribution is 2.33. The maximum absolute atomic E-state index is 12.5. The maximum atomic E-state index is 12.5. The fourth-order valence-corrected chi connectivity index (χ4v) is 2.77. The van der Waals surface area contributed by atoms with Gasteiger partial charge in [-0.25, -0.2) is 4.79 Å². The van der Waals surface area contributed by atoms with E-state index in [1.165, 1.54) is 17.0 Å². The fraction of sp³-hybridized carbons (Fsp3) is 0.111. The second kappa shape index (κ2) is 5.27. The van der Waals surface area contributed by atoms with Gasteiger partial charge in [-0.2, -0.15) is 0 Å². The van der Waals surface area contributed by atoms with Crippen LogP contribution in [-0.4, -0.2) is 35.2 Å². The molecule has 0 radical (unpaired) electrons. The van der Waals surface area contributed by atoms with Crippen LogP contribution in [0.15, 0.2) is 45.6 Å². The summed E-state index contributed by atoms with van der Waals surface area (Å²) in [6, 6.07) is 9.53. The number of furan rings is 1. The molecule has 126 valence electrons. The molecule has 2 aromatic carbocycles. The largest absolute Gasteiger partial charge is 0.508 e. The number of carbonyl (C=O) groups excluding carboxylic acids is 1. The summed E-state index contributed by atoms with van der Waals surface area (Å²) < 4.78 is 11.0. The van der Waals surface area contributed by atoms with E-state index in [1.54, 1.807) is 38.4 Å². The van der Waals surface area contributed by atoms with Gasteiger partial charge in [-0.15, -0.1) is 0 Å². The molecule has 0 aliphatic carbocycles. The van der Waals surface area contributed by atoms with Crippen LogP contribution < -0.4 is 10.3 Å². The van der Waals surface area contributed by atoms with Crippen LogP contribution in [0.4, 0.5) is 4.79 Å². The second-order valence-corrected chi connectivity index (χ2v) is 5.91. The lowest BCUT2D eigenvalue weighted by Gasteiger charge is -2.11. The van der Waals surface area contributed by atoms with E-state index < -0.39 is 6.09 Å². The second-order valence-electron chi connectivity index (χ2n) is 5.91. The van der Waals surface area contributed by atoms with Crippen molar-refractivity contribution in [2.24, 2.45) is 0 Å². The number of fused-ring (bicyclic) bond motifs is 5.